The molecule has 184 valence electrons. The molecule has 1 saturated heterocycles. The third kappa shape index (κ3) is 6.19. The lowest BCUT2D eigenvalue weighted by molar-refractivity contribution is -0.274. The van der Waals surface area contributed by atoms with Gasteiger partial charge in [0, 0.05) is 44.2 Å². The highest BCUT2D eigenvalue weighted by Gasteiger charge is 2.35. The van der Waals surface area contributed by atoms with Crippen LogP contribution in [-0.4, -0.2) is 68.7 Å². The fourth-order valence-electron chi connectivity index (χ4n) is 4.88. The zero-order valence-corrected chi connectivity index (χ0v) is 19.2. The van der Waals surface area contributed by atoms with E-state index in [1.54, 1.807) is 0 Å². The van der Waals surface area contributed by atoms with Gasteiger partial charge in [-0.05, 0) is 62.8 Å². The quantitative estimate of drug-likeness (QED) is 0.665. The second kappa shape index (κ2) is 9.79. The summed E-state index contributed by atoms with van der Waals surface area (Å²) in [6.07, 6.45) is 1.33. The van der Waals surface area contributed by atoms with E-state index in [2.05, 4.69) is 14.4 Å². The highest BCUT2D eigenvalue weighted by molar-refractivity contribution is 7.89. The fraction of sp³-hybridized carbons (Fsp3) is 0.682. The number of hydrogen-bond acceptors (Lipinski definition) is 5. The molecule has 2 aliphatic carbocycles. The van der Waals surface area contributed by atoms with Gasteiger partial charge in [0.25, 0.3) is 0 Å². The number of amides is 1. The summed E-state index contributed by atoms with van der Waals surface area (Å²) in [6.45, 7) is 3.38. The van der Waals surface area contributed by atoms with Crippen LogP contribution in [0.15, 0.2) is 29.2 Å². The Bertz CT molecular complexity index is 919. The molecule has 1 aromatic carbocycles. The summed E-state index contributed by atoms with van der Waals surface area (Å²) in [7, 11) is -3.88. The van der Waals surface area contributed by atoms with Crippen molar-refractivity contribution in [2.45, 2.75) is 68.3 Å². The molecule has 0 radical (unpaired) electrons. The largest absolute Gasteiger partial charge is 0.573 e. The van der Waals surface area contributed by atoms with Crippen LogP contribution in [0.2, 0.25) is 0 Å². The van der Waals surface area contributed by atoms with E-state index in [0.717, 1.165) is 50.4 Å². The Balaban J connectivity index is 1.24. The van der Waals surface area contributed by atoms with Crippen molar-refractivity contribution >= 4 is 15.9 Å². The maximum absolute atomic E-state index is 12.9. The maximum atomic E-state index is 12.9. The molecule has 1 amide bonds. The Hall–Kier alpha value is -1.85. The van der Waals surface area contributed by atoms with Crippen molar-refractivity contribution in [3.05, 3.63) is 24.3 Å². The number of benzene rings is 1. The highest BCUT2D eigenvalue weighted by Crippen LogP contribution is 2.30. The van der Waals surface area contributed by atoms with Crippen LogP contribution in [0.5, 0.6) is 5.75 Å². The number of carbonyl (C=O) groups is 1. The van der Waals surface area contributed by atoms with Gasteiger partial charge >= 0.3 is 6.36 Å². The number of rotatable bonds is 6. The zero-order chi connectivity index (χ0) is 23.6. The second-order valence-corrected chi connectivity index (χ2v) is 10.8. The van der Waals surface area contributed by atoms with E-state index in [1.165, 1.54) is 19.3 Å². The third-order valence-corrected chi connectivity index (χ3v) is 8.52. The summed E-state index contributed by atoms with van der Waals surface area (Å²) in [4.78, 5) is 17.2. The summed E-state index contributed by atoms with van der Waals surface area (Å²) in [5.74, 6) is -0.390. The maximum Gasteiger partial charge on any atom is 0.573 e. The Labute approximate surface area is 192 Å². The number of alkyl halides is 3. The second-order valence-electron chi connectivity index (χ2n) is 9.14. The lowest BCUT2D eigenvalue weighted by Gasteiger charge is -2.44. The van der Waals surface area contributed by atoms with Crippen LogP contribution < -0.4 is 9.46 Å². The van der Waals surface area contributed by atoms with Gasteiger partial charge in [-0.2, -0.15) is 0 Å². The molecule has 1 N–H and O–H groups in total. The van der Waals surface area contributed by atoms with Gasteiger partial charge in [0.1, 0.15) is 5.75 Å². The highest BCUT2D eigenvalue weighted by atomic mass is 32.2. The van der Waals surface area contributed by atoms with Crippen LogP contribution in [0.3, 0.4) is 0 Å². The van der Waals surface area contributed by atoms with Crippen LogP contribution in [0, 0.1) is 5.92 Å². The molecule has 1 aliphatic heterocycles. The monoisotopic (exact) mass is 489 g/mol. The van der Waals surface area contributed by atoms with Gasteiger partial charge in [0.05, 0.1) is 4.90 Å². The van der Waals surface area contributed by atoms with Gasteiger partial charge in [-0.25, -0.2) is 13.1 Å². The van der Waals surface area contributed by atoms with Crippen molar-refractivity contribution in [2.24, 2.45) is 5.92 Å². The molecule has 4 rings (SSSR count). The summed E-state index contributed by atoms with van der Waals surface area (Å²) < 4.78 is 68.5. The first-order chi connectivity index (χ1) is 15.6. The lowest BCUT2D eigenvalue weighted by atomic mass is 9.85. The van der Waals surface area contributed by atoms with Crippen molar-refractivity contribution in [3.63, 3.8) is 0 Å². The molecule has 1 heterocycles. The summed E-state index contributed by atoms with van der Waals surface area (Å²) in [6, 6.07) is 4.51. The molecular formula is C22H30F3N3O4S. The molecule has 0 spiro atoms. The van der Waals surface area contributed by atoms with Crippen molar-refractivity contribution in [1.82, 2.24) is 14.5 Å². The van der Waals surface area contributed by atoms with Crippen LogP contribution >= 0.6 is 0 Å². The normalized spacial score (nSPS) is 25.5. The molecule has 7 nitrogen and oxygen atoms in total. The number of piperazine rings is 1. The summed E-state index contributed by atoms with van der Waals surface area (Å²) >= 11 is 0. The minimum absolute atomic E-state index is 0.0835. The predicted molar refractivity (Wildman–Crippen MR) is 115 cm³/mol. The van der Waals surface area contributed by atoms with E-state index < -0.39 is 22.1 Å². The van der Waals surface area contributed by atoms with Gasteiger partial charge in [-0.3, -0.25) is 9.69 Å². The van der Waals surface area contributed by atoms with E-state index in [1.807, 2.05) is 4.90 Å². The first kappa shape index (κ1) is 24.3. The first-order valence-corrected chi connectivity index (χ1v) is 13.0. The molecule has 2 saturated carbocycles. The number of ether oxygens (including phenoxy) is 1. The Morgan fingerprint density at radius 2 is 1.55 bits per heavy atom. The summed E-state index contributed by atoms with van der Waals surface area (Å²) in [5.41, 5.74) is 0. The van der Waals surface area contributed by atoms with E-state index in [4.69, 9.17) is 0 Å². The molecule has 0 bridgehead atoms. The number of hydrogen-bond donors (Lipinski definition) is 1. The fourth-order valence-corrected chi connectivity index (χ4v) is 6.19. The van der Waals surface area contributed by atoms with Crippen LogP contribution in [0.1, 0.15) is 44.9 Å². The third-order valence-electron chi connectivity index (χ3n) is 6.98. The average molecular weight is 490 g/mol. The van der Waals surface area contributed by atoms with Gasteiger partial charge in [0.15, 0.2) is 0 Å². The van der Waals surface area contributed by atoms with Crippen LogP contribution in [0.25, 0.3) is 0 Å². The van der Waals surface area contributed by atoms with Gasteiger partial charge < -0.3 is 9.64 Å². The molecule has 0 unspecified atom stereocenters. The van der Waals surface area contributed by atoms with E-state index in [9.17, 15) is 26.4 Å². The molecule has 11 heteroatoms. The van der Waals surface area contributed by atoms with Gasteiger partial charge in [0.2, 0.25) is 15.9 Å². The number of nitrogens with one attached hydrogen (secondary N) is 1. The van der Waals surface area contributed by atoms with E-state index >= 15 is 0 Å². The van der Waals surface area contributed by atoms with Crippen molar-refractivity contribution in [2.75, 3.05) is 26.2 Å². The Kier molecular flexibility index (Phi) is 7.20. The smallest absolute Gasteiger partial charge is 0.406 e. The van der Waals surface area contributed by atoms with Crippen molar-refractivity contribution in [3.8, 4) is 5.75 Å². The van der Waals surface area contributed by atoms with Crippen molar-refractivity contribution in [1.29, 1.82) is 0 Å². The number of sulfonamides is 1. The Morgan fingerprint density at radius 1 is 0.939 bits per heavy atom. The molecule has 3 fully saturated rings. The summed E-state index contributed by atoms with van der Waals surface area (Å²) in [5, 5.41) is 0. The molecule has 0 atom stereocenters. The number of halogens is 3. The first-order valence-electron chi connectivity index (χ1n) is 11.5. The minimum Gasteiger partial charge on any atom is -0.406 e. The lowest BCUT2D eigenvalue weighted by Crippen LogP contribution is -2.54. The predicted octanol–water partition coefficient (Wildman–Crippen LogP) is 3.12. The molecule has 0 aromatic heterocycles. The minimum atomic E-state index is -4.83. The molecule has 33 heavy (non-hydrogen) atoms. The standard InChI is InChI=1S/C22H30F3N3O4S/c23-22(24,25)32-19-8-10-20(11-9-19)33(30,31)26-17-6-4-16(5-7-17)21(29)28-14-12-27(13-15-28)18-2-1-3-18/h8-11,16-18,26H,1-7,12-15H2. The Morgan fingerprint density at radius 3 is 2.06 bits per heavy atom. The number of carbonyl (C=O) groups excluding carboxylic acids is 1. The van der Waals surface area contributed by atoms with E-state index in [-0.39, 0.29) is 22.8 Å². The molecule has 3 aliphatic rings. The van der Waals surface area contributed by atoms with Crippen LogP contribution in [0.4, 0.5) is 13.2 Å². The van der Waals surface area contributed by atoms with E-state index in [0.29, 0.717) is 31.7 Å². The van der Waals surface area contributed by atoms with Crippen LogP contribution in [-0.2, 0) is 14.8 Å². The topological polar surface area (TPSA) is 78.9 Å². The van der Waals surface area contributed by atoms with Gasteiger partial charge in [-0.15, -0.1) is 13.2 Å². The zero-order valence-electron chi connectivity index (χ0n) is 18.4. The molecule has 1 aromatic rings. The van der Waals surface area contributed by atoms with Crippen molar-refractivity contribution < 1.29 is 31.1 Å². The molecular weight excluding hydrogens is 459 g/mol. The van der Waals surface area contributed by atoms with Gasteiger partial charge in [-0.1, -0.05) is 6.42 Å². The average Bonchev–Trinajstić information content (AvgIpc) is 2.72. The number of nitrogens with zero attached hydrogens (tertiary/aromatic N) is 2. The SMILES string of the molecule is O=C(C1CCC(NS(=O)(=O)c2ccc(OC(F)(F)F)cc2)CC1)N1CCN(C2CCC2)CC1.